The van der Waals surface area contributed by atoms with Crippen LogP contribution in [-0.2, 0) is 19.4 Å². The summed E-state index contributed by atoms with van der Waals surface area (Å²) in [6, 6.07) is 18.5. The van der Waals surface area contributed by atoms with Crippen molar-refractivity contribution in [2.45, 2.75) is 6.92 Å². The van der Waals surface area contributed by atoms with Gasteiger partial charge in [-0.2, -0.15) is 10.5 Å². The molecule has 34 heavy (non-hydrogen) atoms. The summed E-state index contributed by atoms with van der Waals surface area (Å²) < 4.78 is 37.4. The van der Waals surface area contributed by atoms with Crippen LogP contribution in [0.2, 0.25) is 0 Å². The van der Waals surface area contributed by atoms with E-state index in [0.29, 0.717) is 22.4 Å². The van der Waals surface area contributed by atoms with Crippen LogP contribution in [0.5, 0.6) is 5.75 Å². The first-order chi connectivity index (χ1) is 16.3. The van der Waals surface area contributed by atoms with E-state index in [2.05, 4.69) is 6.58 Å². The van der Waals surface area contributed by atoms with E-state index in [9.17, 15) is 23.7 Å². The number of carbonyl (C=O) groups excluding carboxylic acids is 1. The Balaban J connectivity index is 1.91. The quantitative estimate of drug-likeness (QED) is 0.255. The summed E-state index contributed by atoms with van der Waals surface area (Å²) in [6.45, 7) is 5.19. The number of ether oxygens (including phenoxy) is 2. The number of nitrogens with zero attached hydrogens (tertiary/aromatic N) is 2. The molecule has 0 aromatic heterocycles. The highest BCUT2D eigenvalue weighted by Crippen LogP contribution is 2.39. The molecule has 0 amide bonds. The molecule has 0 spiro atoms. The first kappa shape index (κ1) is 24.2. The molecule has 1 aliphatic rings. The number of nitriles is 2. The van der Waals surface area contributed by atoms with Gasteiger partial charge in [0.25, 0.3) is 0 Å². The van der Waals surface area contributed by atoms with Crippen LogP contribution in [0.15, 0.2) is 90.0 Å². The number of hydrogen-bond acceptors (Lipinski definition) is 7. The molecule has 1 aliphatic heterocycles. The van der Waals surface area contributed by atoms with Crippen molar-refractivity contribution in [3.05, 3.63) is 101 Å². The van der Waals surface area contributed by atoms with Crippen LogP contribution in [0.3, 0.4) is 0 Å². The van der Waals surface area contributed by atoms with Gasteiger partial charge in [0.15, 0.2) is 0 Å². The van der Waals surface area contributed by atoms with Gasteiger partial charge in [0, 0.05) is 11.1 Å². The summed E-state index contributed by atoms with van der Waals surface area (Å²) in [5.41, 5.74) is 1.14. The SMILES string of the molecule is C=C(C)C(=O)OCCOc1ccc(C2=CC(=C(C#N)C#N)C=C(c3ccccc3)S2(=O)=O)cc1. The first-order valence-corrected chi connectivity index (χ1v) is 11.6. The van der Waals surface area contributed by atoms with Gasteiger partial charge in [0.1, 0.15) is 36.7 Å². The molecule has 0 N–H and O–H groups in total. The minimum Gasteiger partial charge on any atom is -0.490 e. The van der Waals surface area contributed by atoms with Crippen molar-refractivity contribution in [3.8, 4) is 17.9 Å². The fourth-order valence-electron chi connectivity index (χ4n) is 3.11. The zero-order chi connectivity index (χ0) is 24.7. The molecular formula is C26H20N2O5S. The number of benzene rings is 2. The van der Waals surface area contributed by atoms with Crippen molar-refractivity contribution in [2.75, 3.05) is 13.2 Å². The topological polar surface area (TPSA) is 117 Å². The molecule has 0 atom stereocenters. The number of esters is 1. The lowest BCUT2D eigenvalue weighted by Crippen LogP contribution is -2.12. The van der Waals surface area contributed by atoms with Crippen LogP contribution < -0.4 is 4.74 Å². The third-order valence-electron chi connectivity index (χ3n) is 4.80. The van der Waals surface area contributed by atoms with Crippen molar-refractivity contribution >= 4 is 25.6 Å². The Kier molecular flexibility index (Phi) is 7.47. The third kappa shape index (κ3) is 5.32. The lowest BCUT2D eigenvalue weighted by atomic mass is 10.0. The van der Waals surface area contributed by atoms with E-state index in [0.717, 1.165) is 0 Å². The summed E-state index contributed by atoms with van der Waals surface area (Å²) in [5, 5.41) is 18.7. The standard InChI is InChI=1S/C26H20N2O5S/c1-18(2)26(29)33-13-12-32-23-10-8-20(9-11-23)25-15-21(22(16-27)17-28)14-24(34(25,30)31)19-6-4-3-5-7-19/h3-11,14-15H,1,12-13H2,2H3. The van der Waals surface area contributed by atoms with E-state index in [-0.39, 0.29) is 34.2 Å². The molecule has 0 unspecified atom stereocenters. The van der Waals surface area contributed by atoms with Gasteiger partial charge in [-0.1, -0.05) is 36.9 Å². The molecule has 0 bridgehead atoms. The van der Waals surface area contributed by atoms with Crippen molar-refractivity contribution < 1.29 is 22.7 Å². The second kappa shape index (κ2) is 10.5. The fraction of sp³-hybridized carbons (Fsp3) is 0.115. The van der Waals surface area contributed by atoms with E-state index < -0.39 is 15.8 Å². The number of rotatable bonds is 7. The number of hydrogen-bond donors (Lipinski definition) is 0. The molecule has 3 rings (SSSR count). The van der Waals surface area contributed by atoms with E-state index in [1.165, 1.54) is 12.2 Å². The predicted octanol–water partition coefficient (Wildman–Crippen LogP) is 4.34. The molecule has 2 aromatic rings. The van der Waals surface area contributed by atoms with Crippen LogP contribution in [-0.4, -0.2) is 27.6 Å². The molecule has 2 aromatic carbocycles. The van der Waals surface area contributed by atoms with E-state index in [4.69, 9.17) is 9.47 Å². The maximum Gasteiger partial charge on any atom is 0.333 e. The Morgan fingerprint density at radius 1 is 0.912 bits per heavy atom. The fourth-order valence-corrected chi connectivity index (χ4v) is 4.80. The molecule has 8 heteroatoms. The van der Waals surface area contributed by atoms with Gasteiger partial charge in [0.05, 0.1) is 9.81 Å². The van der Waals surface area contributed by atoms with Crippen molar-refractivity contribution in [1.82, 2.24) is 0 Å². The Labute approximate surface area is 198 Å². The Bertz CT molecular complexity index is 1390. The normalized spacial score (nSPS) is 14.0. The second-order valence-electron chi connectivity index (χ2n) is 7.23. The highest BCUT2D eigenvalue weighted by Gasteiger charge is 2.30. The van der Waals surface area contributed by atoms with Gasteiger partial charge in [-0.05, 0) is 54.5 Å². The molecular weight excluding hydrogens is 452 g/mol. The second-order valence-corrected chi connectivity index (χ2v) is 9.12. The average Bonchev–Trinajstić information content (AvgIpc) is 2.84. The molecule has 0 saturated heterocycles. The van der Waals surface area contributed by atoms with Crippen molar-refractivity contribution in [1.29, 1.82) is 10.5 Å². The largest absolute Gasteiger partial charge is 0.490 e. The molecule has 1 heterocycles. The monoisotopic (exact) mass is 472 g/mol. The predicted molar refractivity (Wildman–Crippen MR) is 127 cm³/mol. The Morgan fingerprint density at radius 2 is 1.47 bits per heavy atom. The third-order valence-corrected chi connectivity index (χ3v) is 6.66. The minimum atomic E-state index is -3.94. The van der Waals surface area contributed by atoms with Crippen LogP contribution >= 0.6 is 0 Å². The Hall–Kier alpha value is -4.40. The number of allylic oxidation sites excluding steroid dienone is 4. The van der Waals surface area contributed by atoms with Crippen LogP contribution in [0.4, 0.5) is 0 Å². The van der Waals surface area contributed by atoms with Crippen LogP contribution in [0.1, 0.15) is 18.1 Å². The molecule has 7 nitrogen and oxygen atoms in total. The summed E-state index contributed by atoms with van der Waals surface area (Å²) in [6.07, 6.45) is 2.68. The van der Waals surface area contributed by atoms with Crippen molar-refractivity contribution in [3.63, 3.8) is 0 Å². The van der Waals surface area contributed by atoms with E-state index in [1.54, 1.807) is 61.5 Å². The average molecular weight is 473 g/mol. The van der Waals surface area contributed by atoms with E-state index >= 15 is 0 Å². The summed E-state index contributed by atoms with van der Waals surface area (Å²) in [4.78, 5) is 11.4. The summed E-state index contributed by atoms with van der Waals surface area (Å²) in [7, 11) is -3.94. The highest BCUT2D eigenvalue weighted by atomic mass is 32.2. The van der Waals surface area contributed by atoms with Gasteiger partial charge < -0.3 is 9.47 Å². The van der Waals surface area contributed by atoms with Gasteiger partial charge >= 0.3 is 5.97 Å². The lowest BCUT2D eigenvalue weighted by Gasteiger charge is -2.19. The lowest BCUT2D eigenvalue weighted by molar-refractivity contribution is -0.139. The molecule has 0 radical (unpaired) electrons. The zero-order valence-corrected chi connectivity index (χ0v) is 19.1. The summed E-state index contributed by atoms with van der Waals surface area (Å²) in [5.74, 6) is -0.0538. The number of carbonyl (C=O) groups is 1. The van der Waals surface area contributed by atoms with Gasteiger partial charge in [0.2, 0.25) is 9.84 Å². The van der Waals surface area contributed by atoms with Crippen LogP contribution in [0.25, 0.3) is 9.81 Å². The molecule has 0 fully saturated rings. The first-order valence-electron chi connectivity index (χ1n) is 10.1. The van der Waals surface area contributed by atoms with Crippen molar-refractivity contribution in [2.24, 2.45) is 0 Å². The van der Waals surface area contributed by atoms with Gasteiger partial charge in [-0.25, -0.2) is 13.2 Å². The Morgan fingerprint density at radius 3 is 2.00 bits per heavy atom. The zero-order valence-electron chi connectivity index (χ0n) is 18.3. The minimum absolute atomic E-state index is 0.00301. The van der Waals surface area contributed by atoms with Gasteiger partial charge in [-0.3, -0.25) is 0 Å². The smallest absolute Gasteiger partial charge is 0.333 e. The van der Waals surface area contributed by atoms with Gasteiger partial charge in [-0.15, -0.1) is 0 Å². The van der Waals surface area contributed by atoms with Crippen LogP contribution in [0, 0.1) is 22.7 Å². The number of sulfone groups is 1. The maximum absolute atomic E-state index is 13.5. The molecule has 170 valence electrons. The van der Waals surface area contributed by atoms with E-state index in [1.807, 2.05) is 12.1 Å². The molecule has 0 saturated carbocycles. The molecule has 0 aliphatic carbocycles. The summed E-state index contributed by atoms with van der Waals surface area (Å²) >= 11 is 0. The highest BCUT2D eigenvalue weighted by molar-refractivity contribution is 8.09. The maximum atomic E-state index is 13.5.